The highest BCUT2D eigenvalue weighted by molar-refractivity contribution is 8.00. The Morgan fingerprint density at radius 3 is 1.72 bits per heavy atom. The SMILES string of the molecule is CC(=O)Nc1ccc(-c2ccc(C[C@@H]3NC(=O)[C@H](Cc4ccc(-c5ccccc5)cc4)NC(=O)[C@H](CN4CCOCC4)NC(=O)CSC[C@@H](C(=O)NCC(N)=O)NC(=O)[C@H](CC(C)C)NC(=O)[C@H](Cc4ncc[nH]4)NC(=O)[C@H](C4CCCCC4)NC(=O)[C@@H]4CCCN4C(=O)[C@H](C(C)C)NC(=O)[C@@H](CCCNC(=N)N)NC(=O)[C@H](CC(=O)O)NC(=O)[C@H](Cc4cccs4)NC(=O)CN(C)C3=O)cc2)cc1. The largest absolute Gasteiger partial charge is 0.481 e. The smallest absolute Gasteiger partial charge is 0.305 e. The molecule has 5 heterocycles. The number of thioether (sulfide) groups is 1. The lowest BCUT2D eigenvalue weighted by molar-refractivity contribution is -0.144. The van der Waals surface area contributed by atoms with Crippen LogP contribution in [0.15, 0.2) is 133 Å². The number of aromatic nitrogens is 2. The molecule has 6 aromatic rings. The molecule has 21 N–H and O–H groups in total. The number of primary amides is 1. The number of guanidine groups is 1. The first-order chi connectivity index (χ1) is 66.5. The molecular formula is C96H128N22O19S2. The molecule has 748 valence electrons. The van der Waals surface area contributed by atoms with Gasteiger partial charge in [0.05, 0.1) is 38.5 Å². The standard InChI is InChI=1S/C96H128N22O19S2/c1-55(2)44-68-86(127)113-75(84(125)103-50-77(97)120)53-138-54-80(122)106-74(51-117-39-41-137-42-40-117)91(132)109-69(45-58-23-27-61(28-24-58)60-16-9-7-10-17-60)87(128)112-73(46-59-25-29-62(30-26-59)63-31-33-65(34-32-63)104-57(5)119)94(135)116(6)52-79(121)105-70(47-66-20-15-43-139-66)88(129)110-72(49-81(123)124)90(131)107-67(21-13-35-102-96(98)99)85(126)114-82(56(3)4)95(136)118-38-14-22-76(118)92(133)115-83(64-18-11-8-12-19-64)93(134)111-71(89(130)108-68)48-78-100-36-37-101-78/h7,9-10,15-17,20,23-34,36-37,43,55-56,64,67-76,82-83H,8,11-14,18-19,21-22,35,38-42,44-54H2,1-6H3,(H2,97,120)(H,100,101)(H,103,125)(H,104,119)(H,105,121)(H,106,122)(H,107,131)(H,108,130)(H,109,132)(H,110,129)(H,111,134)(H,112,128)(H,113,127)(H,114,126)(H,115,133)(H,123,124)(H4,98,99,102)/t67-,68+,69+,70+,71+,72+,73+,74+,75+,76+,82+,83+/m1/s1. The number of rotatable bonds is 26. The molecule has 4 fully saturated rings. The Bertz CT molecular complexity index is 5240. The van der Waals surface area contributed by atoms with Crippen molar-refractivity contribution in [2.45, 2.75) is 203 Å². The molecule has 16 amide bonds. The van der Waals surface area contributed by atoms with E-state index in [0.717, 1.165) is 45.3 Å². The maximum atomic E-state index is 15.7. The minimum absolute atomic E-state index is 0.00158. The van der Waals surface area contributed by atoms with Crippen LogP contribution in [0.5, 0.6) is 0 Å². The van der Waals surface area contributed by atoms with Gasteiger partial charge in [-0.1, -0.05) is 144 Å². The number of nitrogens with two attached hydrogens (primary N) is 2. The number of imidazole rings is 1. The molecule has 10 rings (SSSR count). The van der Waals surface area contributed by atoms with Gasteiger partial charge in [-0.25, -0.2) is 4.98 Å². The Morgan fingerprint density at radius 2 is 1.12 bits per heavy atom. The minimum Gasteiger partial charge on any atom is -0.481 e. The number of nitrogens with zero attached hydrogens (tertiary/aromatic N) is 4. The van der Waals surface area contributed by atoms with E-state index in [9.17, 15) is 48.3 Å². The fourth-order valence-electron chi connectivity index (χ4n) is 16.9. The molecule has 43 heteroatoms. The Balaban J connectivity index is 1.03. The Hall–Kier alpha value is -13.7. The van der Waals surface area contributed by atoms with Gasteiger partial charge in [-0.05, 0) is 120 Å². The summed E-state index contributed by atoms with van der Waals surface area (Å²) in [5.74, 6) is -18.1. The molecule has 0 radical (unpaired) electrons. The number of amides is 16. The van der Waals surface area contributed by atoms with Crippen molar-refractivity contribution in [3.8, 4) is 22.3 Å². The van der Waals surface area contributed by atoms with Gasteiger partial charge >= 0.3 is 5.97 Å². The summed E-state index contributed by atoms with van der Waals surface area (Å²) in [7, 11) is 1.27. The topological polar surface area (TPSA) is 602 Å². The number of benzene rings is 4. The summed E-state index contributed by atoms with van der Waals surface area (Å²) in [6.45, 7) is 7.60. The van der Waals surface area contributed by atoms with E-state index in [2.05, 4.69) is 84.4 Å². The number of morpholine rings is 1. The molecule has 3 saturated heterocycles. The van der Waals surface area contributed by atoms with E-state index in [0.29, 0.717) is 60.5 Å². The Labute approximate surface area is 814 Å². The second-order valence-electron chi connectivity index (χ2n) is 35.9. The third kappa shape index (κ3) is 33.9. The predicted octanol–water partition coefficient (Wildman–Crippen LogP) is 0.517. The van der Waals surface area contributed by atoms with Crippen molar-refractivity contribution < 1.29 is 91.4 Å². The first-order valence-electron chi connectivity index (χ1n) is 46.7. The number of fused-ring (bicyclic) bond motifs is 1. The molecule has 0 bridgehead atoms. The van der Waals surface area contributed by atoms with E-state index < -0.39 is 210 Å². The van der Waals surface area contributed by atoms with Gasteiger partial charge in [0.15, 0.2) is 5.96 Å². The summed E-state index contributed by atoms with van der Waals surface area (Å²) in [5.41, 5.74) is 15.8. The van der Waals surface area contributed by atoms with Gasteiger partial charge in [0.1, 0.15) is 78.3 Å². The number of carbonyl (C=O) groups is 17. The van der Waals surface area contributed by atoms with E-state index in [4.69, 9.17) is 21.6 Å². The van der Waals surface area contributed by atoms with Crippen LogP contribution < -0.4 is 85.9 Å². The van der Waals surface area contributed by atoms with Crippen molar-refractivity contribution in [3.05, 3.63) is 155 Å². The van der Waals surface area contributed by atoms with Crippen LogP contribution in [-0.2, 0) is 112 Å². The maximum absolute atomic E-state index is 15.7. The van der Waals surface area contributed by atoms with Gasteiger partial charge in [0.2, 0.25) is 94.5 Å². The first kappa shape index (κ1) is 107. The molecule has 4 aromatic carbocycles. The average Bonchev–Trinajstić information content (AvgIpc) is 1.73. The molecule has 0 spiro atoms. The second kappa shape index (κ2) is 53.3. The fourth-order valence-corrected chi connectivity index (χ4v) is 18.6. The van der Waals surface area contributed by atoms with E-state index in [1.54, 1.807) is 106 Å². The number of aromatic amines is 1. The minimum atomic E-state index is -1.98. The zero-order chi connectivity index (χ0) is 100. The van der Waals surface area contributed by atoms with E-state index in [-0.39, 0.29) is 114 Å². The maximum Gasteiger partial charge on any atom is 0.305 e. The molecule has 1 saturated carbocycles. The van der Waals surface area contributed by atoms with Crippen LogP contribution in [0.2, 0.25) is 0 Å². The number of hydrogen-bond donors (Lipinski definition) is 19. The number of aliphatic carboxylic acids is 1. The Morgan fingerprint density at radius 1 is 0.561 bits per heavy atom. The number of carboxylic acids is 1. The normalized spacial score (nSPS) is 23.4. The molecule has 1 aliphatic carbocycles. The highest BCUT2D eigenvalue weighted by atomic mass is 32.2. The summed E-state index contributed by atoms with van der Waals surface area (Å²) in [4.78, 5) is 260. The van der Waals surface area contributed by atoms with E-state index >= 15 is 38.4 Å². The van der Waals surface area contributed by atoms with Crippen LogP contribution in [0, 0.1) is 23.2 Å². The van der Waals surface area contributed by atoms with Crippen LogP contribution in [-0.4, -0.2) is 286 Å². The monoisotopic (exact) mass is 1960 g/mol. The summed E-state index contributed by atoms with van der Waals surface area (Å²) in [6, 6.07) is 15.6. The van der Waals surface area contributed by atoms with Crippen LogP contribution in [0.25, 0.3) is 22.3 Å². The lowest BCUT2D eigenvalue weighted by Gasteiger charge is -2.34. The van der Waals surface area contributed by atoms with Crippen molar-refractivity contribution >= 4 is 135 Å². The van der Waals surface area contributed by atoms with Crippen molar-refractivity contribution in [1.82, 2.24) is 93.8 Å². The molecule has 41 nitrogen and oxygen atoms in total. The van der Waals surface area contributed by atoms with Gasteiger partial charge in [0, 0.05) is 101 Å². The molecule has 2 aromatic heterocycles. The van der Waals surface area contributed by atoms with Gasteiger partial charge in [-0.15, -0.1) is 23.1 Å². The summed E-state index contributed by atoms with van der Waals surface area (Å²) in [6.07, 6.45) is 3.93. The summed E-state index contributed by atoms with van der Waals surface area (Å²) in [5, 5.41) is 57.9. The van der Waals surface area contributed by atoms with Gasteiger partial charge < -0.3 is 111 Å². The van der Waals surface area contributed by atoms with Gasteiger partial charge in [0.25, 0.3) is 0 Å². The lowest BCUT2D eigenvalue weighted by Crippen LogP contribution is -2.62. The van der Waals surface area contributed by atoms with Crippen molar-refractivity contribution in [3.63, 3.8) is 0 Å². The number of carboxylic acid groups (broad SMARTS) is 1. The van der Waals surface area contributed by atoms with E-state index in [1.807, 2.05) is 47.4 Å². The zero-order valence-corrected chi connectivity index (χ0v) is 80.4. The molecule has 4 aliphatic rings. The third-order valence-electron chi connectivity index (χ3n) is 24.2. The average molecular weight is 1960 g/mol. The number of carbonyl (C=O) groups excluding carboxylic acids is 16. The second-order valence-corrected chi connectivity index (χ2v) is 38.0. The van der Waals surface area contributed by atoms with Crippen LogP contribution >= 0.6 is 23.1 Å². The van der Waals surface area contributed by atoms with Crippen LogP contribution in [0.4, 0.5) is 5.69 Å². The number of H-pyrrole nitrogens is 1. The summed E-state index contributed by atoms with van der Waals surface area (Å²) >= 11 is 2.03. The molecule has 12 atom stereocenters. The van der Waals surface area contributed by atoms with E-state index in [1.165, 1.54) is 42.6 Å². The highest BCUT2D eigenvalue weighted by Crippen LogP contribution is 2.30. The van der Waals surface area contributed by atoms with Crippen molar-refractivity contribution in [2.75, 3.05) is 82.9 Å². The molecule has 3 aliphatic heterocycles. The predicted molar refractivity (Wildman–Crippen MR) is 518 cm³/mol. The van der Waals surface area contributed by atoms with Gasteiger partial charge in [-0.3, -0.25) is 91.8 Å². The number of ether oxygens (including phenoxy) is 1. The number of thiophene rings is 1. The van der Waals surface area contributed by atoms with Gasteiger partial charge in [-0.2, -0.15) is 0 Å². The Kier molecular flexibility index (Phi) is 41.2. The molecular weight excluding hydrogens is 1830 g/mol. The third-order valence-corrected chi connectivity index (χ3v) is 26.1. The van der Waals surface area contributed by atoms with Crippen molar-refractivity contribution in [1.29, 1.82) is 5.41 Å². The number of likely N-dealkylation sites (N-methyl/N-ethyl adjacent to an activating group) is 1. The number of nitrogens with one attached hydrogen (secondary N) is 16. The highest BCUT2D eigenvalue weighted by Gasteiger charge is 2.44. The molecule has 0 unspecified atom stereocenters. The van der Waals surface area contributed by atoms with Crippen LogP contribution in [0.3, 0.4) is 0 Å². The lowest BCUT2D eigenvalue weighted by atomic mass is 9.83. The number of anilines is 1. The molecule has 139 heavy (non-hydrogen) atoms. The zero-order valence-electron chi connectivity index (χ0n) is 78.8. The first-order valence-corrected chi connectivity index (χ1v) is 48.8. The summed E-state index contributed by atoms with van der Waals surface area (Å²) < 4.78 is 5.66. The fraction of sp³-hybridized carbons (Fsp3) is 0.490. The quantitative estimate of drug-likeness (QED) is 0.0200. The van der Waals surface area contributed by atoms with Crippen molar-refractivity contribution in [2.24, 2.45) is 29.2 Å². The van der Waals surface area contributed by atoms with Crippen LogP contribution in [0.1, 0.15) is 127 Å². The number of hydrogen-bond acceptors (Lipinski definition) is 23.